The number of halogens is 1. The number of rotatable bonds is 2. The zero-order valence-corrected chi connectivity index (χ0v) is 12.6. The quantitative estimate of drug-likeness (QED) is 0.924. The Labute approximate surface area is 120 Å². The second-order valence-corrected chi connectivity index (χ2v) is 5.25. The minimum atomic E-state index is -0.620. The molecule has 0 bridgehead atoms. The first-order valence-electron chi connectivity index (χ1n) is 5.90. The fourth-order valence-corrected chi connectivity index (χ4v) is 2.26. The van der Waals surface area contributed by atoms with Gasteiger partial charge in [-0.15, -0.1) is 0 Å². The van der Waals surface area contributed by atoms with E-state index in [1.54, 1.807) is 29.8 Å². The number of aliphatic hydroxyl groups is 1. The number of aliphatic hydroxyl groups excluding tert-OH is 1. The van der Waals surface area contributed by atoms with Crippen LogP contribution in [0.4, 0.5) is 0 Å². The fraction of sp³-hybridized carbons (Fsp3) is 0.286. The molecule has 0 aliphatic heterocycles. The topological polar surface area (TPSA) is 61.8 Å². The van der Waals surface area contributed by atoms with Crippen molar-refractivity contribution < 1.29 is 5.11 Å². The average molecular weight is 320 g/mol. The highest BCUT2D eigenvalue weighted by atomic mass is 79.9. The van der Waals surface area contributed by atoms with E-state index in [0.717, 1.165) is 27.1 Å². The normalized spacial score (nSPS) is 12.2. The number of benzene rings is 1. The number of aromatic nitrogens is 2. The molecular formula is C14H14BrN3O. The largest absolute Gasteiger partial charge is 0.389 e. The van der Waals surface area contributed by atoms with Crippen LogP contribution in [0.25, 0.3) is 5.69 Å². The van der Waals surface area contributed by atoms with Crippen LogP contribution in [0.5, 0.6) is 0 Å². The van der Waals surface area contributed by atoms with Gasteiger partial charge in [0.1, 0.15) is 0 Å². The molecule has 98 valence electrons. The maximum absolute atomic E-state index is 9.86. The van der Waals surface area contributed by atoms with E-state index >= 15 is 0 Å². The molecular weight excluding hydrogens is 306 g/mol. The standard InChI is InChI=1S/C14H14BrN3O/c1-8-14(15)9(2)18(17-8)13-6-11(7-16)4-5-12(13)10(3)19/h4-6,10,19H,1-3H3/t10-/m1/s1. The van der Waals surface area contributed by atoms with Gasteiger partial charge in [-0.3, -0.25) is 0 Å². The molecule has 0 unspecified atom stereocenters. The van der Waals surface area contributed by atoms with Crippen LogP contribution >= 0.6 is 15.9 Å². The molecule has 4 nitrogen and oxygen atoms in total. The summed E-state index contributed by atoms with van der Waals surface area (Å²) >= 11 is 3.48. The Morgan fingerprint density at radius 3 is 2.58 bits per heavy atom. The highest BCUT2D eigenvalue weighted by molar-refractivity contribution is 9.10. The fourth-order valence-electron chi connectivity index (χ4n) is 2.01. The average Bonchev–Trinajstić information content (AvgIpc) is 2.65. The molecule has 19 heavy (non-hydrogen) atoms. The number of aryl methyl sites for hydroxylation is 1. The number of hydrogen-bond donors (Lipinski definition) is 1. The van der Waals surface area contributed by atoms with E-state index < -0.39 is 6.10 Å². The van der Waals surface area contributed by atoms with Crippen molar-refractivity contribution in [2.24, 2.45) is 0 Å². The van der Waals surface area contributed by atoms with Gasteiger partial charge >= 0.3 is 0 Å². The number of hydrogen-bond acceptors (Lipinski definition) is 3. The molecule has 0 amide bonds. The second kappa shape index (κ2) is 5.16. The van der Waals surface area contributed by atoms with Gasteiger partial charge in [0.2, 0.25) is 0 Å². The highest BCUT2D eigenvalue weighted by Gasteiger charge is 2.16. The minimum absolute atomic E-state index is 0.545. The number of nitriles is 1. The summed E-state index contributed by atoms with van der Waals surface area (Å²) in [6.45, 7) is 5.55. The predicted molar refractivity (Wildman–Crippen MR) is 76.1 cm³/mol. The third-order valence-corrected chi connectivity index (χ3v) is 4.19. The van der Waals surface area contributed by atoms with Crippen molar-refractivity contribution in [3.63, 3.8) is 0 Å². The molecule has 1 aromatic heterocycles. The molecule has 2 aromatic rings. The van der Waals surface area contributed by atoms with Gasteiger partial charge in [-0.2, -0.15) is 10.4 Å². The molecule has 0 fully saturated rings. The third kappa shape index (κ3) is 2.42. The lowest BCUT2D eigenvalue weighted by molar-refractivity contribution is 0.199. The first kappa shape index (κ1) is 13.8. The lowest BCUT2D eigenvalue weighted by Crippen LogP contribution is -2.06. The number of nitrogens with zero attached hydrogens (tertiary/aromatic N) is 3. The van der Waals surface area contributed by atoms with Crippen molar-refractivity contribution in [3.8, 4) is 11.8 Å². The molecule has 0 radical (unpaired) electrons. The molecule has 2 rings (SSSR count). The Morgan fingerprint density at radius 1 is 1.42 bits per heavy atom. The monoisotopic (exact) mass is 319 g/mol. The zero-order chi connectivity index (χ0) is 14.2. The van der Waals surface area contributed by atoms with E-state index in [0.29, 0.717) is 5.56 Å². The van der Waals surface area contributed by atoms with Crippen LogP contribution in [0.2, 0.25) is 0 Å². The van der Waals surface area contributed by atoms with E-state index in [1.807, 2.05) is 13.8 Å². The first-order valence-corrected chi connectivity index (χ1v) is 6.69. The molecule has 1 heterocycles. The van der Waals surface area contributed by atoms with Crippen LogP contribution in [0.1, 0.15) is 35.5 Å². The molecule has 1 N–H and O–H groups in total. The Hall–Kier alpha value is -1.64. The van der Waals surface area contributed by atoms with Crippen molar-refractivity contribution in [1.29, 1.82) is 5.26 Å². The zero-order valence-electron chi connectivity index (χ0n) is 11.0. The molecule has 0 aliphatic rings. The van der Waals surface area contributed by atoms with Crippen LogP contribution in [0, 0.1) is 25.2 Å². The highest BCUT2D eigenvalue weighted by Crippen LogP contribution is 2.28. The van der Waals surface area contributed by atoms with Crippen molar-refractivity contribution in [2.45, 2.75) is 26.9 Å². The van der Waals surface area contributed by atoms with Crippen LogP contribution < -0.4 is 0 Å². The molecule has 0 spiro atoms. The maximum Gasteiger partial charge on any atom is 0.0992 e. The SMILES string of the molecule is Cc1nn(-c2cc(C#N)ccc2[C@@H](C)O)c(C)c1Br. The van der Waals surface area contributed by atoms with Crippen molar-refractivity contribution in [3.05, 3.63) is 45.2 Å². The van der Waals surface area contributed by atoms with E-state index in [-0.39, 0.29) is 0 Å². The van der Waals surface area contributed by atoms with Crippen molar-refractivity contribution in [1.82, 2.24) is 9.78 Å². The molecule has 0 saturated carbocycles. The Bertz CT molecular complexity index is 668. The van der Waals surface area contributed by atoms with E-state index in [1.165, 1.54) is 0 Å². The summed E-state index contributed by atoms with van der Waals surface area (Å²) in [6, 6.07) is 7.32. The second-order valence-electron chi connectivity index (χ2n) is 4.46. The van der Waals surface area contributed by atoms with Crippen LogP contribution in [0.15, 0.2) is 22.7 Å². The summed E-state index contributed by atoms with van der Waals surface area (Å²) in [5.41, 5.74) is 3.84. The summed E-state index contributed by atoms with van der Waals surface area (Å²) in [5, 5.41) is 23.3. The molecule has 0 aliphatic carbocycles. The summed E-state index contributed by atoms with van der Waals surface area (Å²) in [4.78, 5) is 0. The summed E-state index contributed by atoms with van der Waals surface area (Å²) in [7, 11) is 0. The maximum atomic E-state index is 9.86. The van der Waals surface area contributed by atoms with Gasteiger partial charge in [0.15, 0.2) is 0 Å². The lowest BCUT2D eigenvalue weighted by Gasteiger charge is -2.13. The van der Waals surface area contributed by atoms with E-state index in [4.69, 9.17) is 5.26 Å². The molecule has 5 heteroatoms. The van der Waals surface area contributed by atoms with Crippen molar-refractivity contribution in [2.75, 3.05) is 0 Å². The van der Waals surface area contributed by atoms with Gasteiger partial charge in [-0.1, -0.05) is 6.07 Å². The Balaban J connectivity index is 2.72. The van der Waals surface area contributed by atoms with Crippen LogP contribution in [0.3, 0.4) is 0 Å². The van der Waals surface area contributed by atoms with Crippen molar-refractivity contribution >= 4 is 15.9 Å². The Morgan fingerprint density at radius 2 is 2.11 bits per heavy atom. The van der Waals surface area contributed by atoms with Gasteiger partial charge in [0.25, 0.3) is 0 Å². The minimum Gasteiger partial charge on any atom is -0.389 e. The molecule has 0 saturated heterocycles. The first-order chi connectivity index (χ1) is 8.95. The predicted octanol–water partition coefficient (Wildman–Crippen LogP) is 3.18. The molecule has 1 atom stereocenters. The molecule has 1 aromatic carbocycles. The van der Waals surface area contributed by atoms with Crippen LogP contribution in [-0.2, 0) is 0 Å². The summed E-state index contributed by atoms with van der Waals surface area (Å²) < 4.78 is 2.69. The smallest absolute Gasteiger partial charge is 0.0992 e. The van der Waals surface area contributed by atoms with E-state index in [2.05, 4.69) is 27.1 Å². The van der Waals surface area contributed by atoms with Gasteiger partial charge in [0, 0.05) is 5.56 Å². The van der Waals surface area contributed by atoms with Gasteiger partial charge in [0.05, 0.1) is 39.3 Å². The van der Waals surface area contributed by atoms with Gasteiger partial charge in [-0.25, -0.2) is 4.68 Å². The van der Waals surface area contributed by atoms with E-state index in [9.17, 15) is 5.11 Å². The van der Waals surface area contributed by atoms with Gasteiger partial charge < -0.3 is 5.11 Å². The third-order valence-electron chi connectivity index (χ3n) is 3.04. The summed E-state index contributed by atoms with van der Waals surface area (Å²) in [6.07, 6.45) is -0.620. The summed E-state index contributed by atoms with van der Waals surface area (Å²) in [5.74, 6) is 0. The Kier molecular flexibility index (Phi) is 3.74. The lowest BCUT2D eigenvalue weighted by atomic mass is 10.1. The van der Waals surface area contributed by atoms with Gasteiger partial charge in [-0.05, 0) is 48.8 Å². The van der Waals surface area contributed by atoms with Crippen LogP contribution in [-0.4, -0.2) is 14.9 Å².